The van der Waals surface area contributed by atoms with E-state index in [1.807, 2.05) is 0 Å². The van der Waals surface area contributed by atoms with Crippen LogP contribution in [0, 0.1) is 0 Å². The third-order valence-corrected chi connectivity index (χ3v) is 16.4. The van der Waals surface area contributed by atoms with E-state index in [1.54, 1.807) is 0 Å². The molecule has 0 amide bonds. The van der Waals surface area contributed by atoms with Crippen LogP contribution in [0.1, 0.15) is 0 Å². The van der Waals surface area contributed by atoms with E-state index in [1.165, 1.54) is 0 Å². The minimum absolute atomic E-state index is 0. The van der Waals surface area contributed by atoms with Crippen molar-refractivity contribution in [3.63, 3.8) is 0 Å². The largest absolute Gasteiger partial charge is 1.00 e. The van der Waals surface area contributed by atoms with Crippen LogP contribution in [0.3, 0.4) is 0 Å². The number of rotatable bonds is 18. The first-order chi connectivity index (χ1) is 41.3. The minimum Gasteiger partial charge on any atom is -0.726 e. The number of aliphatic hydroxyl groups excluding tert-OH is 12. The zero-order valence-corrected chi connectivity index (χ0v) is 67.5. The van der Waals surface area contributed by atoms with Gasteiger partial charge in [0.2, 0.25) is 62.4 Å². The summed E-state index contributed by atoms with van der Waals surface area (Å²) < 4.78 is 302. The molecule has 30 atom stereocenters. The monoisotopic (exact) mass is 1600 g/mol. The fourth-order valence-corrected chi connectivity index (χ4v) is 11.6. The van der Waals surface area contributed by atoms with Gasteiger partial charge in [-0.25, -0.2) is 50.5 Å². The van der Waals surface area contributed by atoms with Crippen molar-refractivity contribution in [1.29, 1.82) is 0 Å². The Morgan fingerprint density at radius 2 is 0.320 bits per heavy atom. The van der Waals surface area contributed by atoms with Gasteiger partial charge in [-0.05, 0) is 0 Å². The topological polar surface area (TPSA) is 784 Å². The summed E-state index contributed by atoms with van der Waals surface area (Å²) in [6.45, 7) is -10.0. The fourth-order valence-electron chi connectivity index (χ4n) is 9.75. The first kappa shape index (κ1) is 101. The average Bonchev–Trinajstić information content (AvgIpc) is 0.783. The molecule has 0 aromatic heterocycles. The Morgan fingerprint density at radius 3 is 0.412 bits per heavy atom. The van der Waals surface area contributed by atoms with E-state index in [2.05, 4.69) is 25.1 Å². The van der Waals surface area contributed by atoms with E-state index >= 15 is 0 Å². The van der Waals surface area contributed by atoms with Crippen LogP contribution in [-0.4, -0.2) is 368 Å². The molecule has 0 aromatic carbocycles. The van der Waals surface area contributed by atoms with Crippen LogP contribution in [0.2, 0.25) is 0 Å². The zero-order chi connectivity index (χ0) is 67.3. The van der Waals surface area contributed by atoms with E-state index in [0.717, 1.165) is 0 Å². The van der Waals surface area contributed by atoms with Gasteiger partial charge < -0.3 is 151 Å². The fraction of sp³-hybridized carbons (Fsp3) is 1.00. The first-order valence-electron chi connectivity index (χ1n) is 24.9. The molecule has 0 radical (unpaired) electrons. The van der Waals surface area contributed by atoms with E-state index < -0.39 is 286 Å². The summed E-state index contributed by atoms with van der Waals surface area (Å²) in [4.78, 5) is 0. The smallest absolute Gasteiger partial charge is 0.726 e. The zero-order valence-electron chi connectivity index (χ0n) is 50.6. The molecule has 22 fully saturated rings. The van der Waals surface area contributed by atoms with Crippen LogP contribution in [-0.2, 0) is 144 Å². The van der Waals surface area contributed by atoms with Crippen molar-refractivity contribution < 1.29 is 404 Å². The number of aliphatic hydroxyl groups is 12. The molecule has 22 rings (SSSR count). The summed E-state index contributed by atoms with van der Waals surface area (Å²) in [5, 5.41) is 138. The second kappa shape index (κ2) is 41.5. The standard InChI is InChI=1S/C36H60O48S6.6Na.H2O/c37-13-19(43)31-73-7(1-67-85(49,50)51)25(13)79-32-20(44)14(38)27(9(74-32)3-69-87(55,56)57)81-34-22(46)16(40)29(11(76-34)5-71-89(61,62)63)83-36-24(48)18(42)30(12(78-36)6-72-90(64,65)66)84-35-23(47)17(41)28(10(77-35)4-70-88(58,59)60)82-33-21(45)15(39)26(80-31)8(75-33)2-68-86(52,53)54;;;;;;;/h7-48H,1-6H2,(H,49,50,51)(H,52,53,54)(H,55,56,57)(H,58,59,60)(H,61,62,63)(H,64,65,66);;;;;;;1H2/q;6*+1;/p-6. The van der Waals surface area contributed by atoms with Crippen LogP contribution in [0.15, 0.2) is 0 Å². The van der Waals surface area contributed by atoms with Gasteiger partial charge >= 0.3 is 177 Å². The molecule has 22 saturated heterocycles. The van der Waals surface area contributed by atoms with Gasteiger partial charge in [0.05, 0.1) is 39.6 Å². The molecule has 12 bridgehead atoms. The molecule has 14 N–H and O–H groups in total. The Bertz CT molecular complexity index is 2590. The van der Waals surface area contributed by atoms with Crippen molar-refractivity contribution in [1.82, 2.24) is 0 Å². The average molecular weight is 1600 g/mol. The van der Waals surface area contributed by atoms with Crippen LogP contribution in [0.4, 0.5) is 0 Å². The molecule has 0 spiro atoms. The van der Waals surface area contributed by atoms with Crippen molar-refractivity contribution in [2.75, 3.05) is 39.6 Å². The molecule has 22 heterocycles. The minimum atomic E-state index is -5.86. The predicted octanol–water partition coefficient (Wildman–Crippen LogP) is -34.9. The Morgan fingerprint density at radius 1 is 0.216 bits per heavy atom. The molecular formula is C36H56Na6O49S6. The molecule has 97 heavy (non-hydrogen) atoms. The van der Waals surface area contributed by atoms with Crippen LogP contribution >= 0.6 is 0 Å². The van der Waals surface area contributed by atoms with Gasteiger partial charge in [0, 0.05) is 0 Å². The summed E-state index contributed by atoms with van der Waals surface area (Å²) in [6, 6.07) is 0. The van der Waals surface area contributed by atoms with E-state index in [9.17, 15) is 139 Å². The predicted molar refractivity (Wildman–Crippen MR) is 251 cm³/mol. The van der Waals surface area contributed by atoms with E-state index in [4.69, 9.17) is 56.8 Å². The van der Waals surface area contributed by atoms with Crippen molar-refractivity contribution in [2.45, 2.75) is 184 Å². The summed E-state index contributed by atoms with van der Waals surface area (Å²) in [6.07, 6.45) is -78.9. The molecule has 61 heteroatoms. The van der Waals surface area contributed by atoms with Gasteiger partial charge in [0.1, 0.15) is 146 Å². The molecule has 49 nitrogen and oxygen atoms in total. The Balaban J connectivity index is 0.0000132. The third kappa shape index (κ3) is 28.5. The van der Waals surface area contributed by atoms with Crippen molar-refractivity contribution in [3.8, 4) is 0 Å². The van der Waals surface area contributed by atoms with Crippen molar-refractivity contribution >= 4 is 62.4 Å². The van der Waals surface area contributed by atoms with Crippen molar-refractivity contribution in [3.05, 3.63) is 0 Å². The molecule has 0 aliphatic carbocycles. The Labute approximate surface area is 681 Å². The summed E-state index contributed by atoms with van der Waals surface area (Å²) >= 11 is 0. The Kier molecular flexibility index (Phi) is 43.3. The van der Waals surface area contributed by atoms with Gasteiger partial charge in [-0.15, -0.1) is 0 Å². The number of hydrogen-bond acceptors (Lipinski definition) is 48. The molecule has 0 saturated carbocycles. The van der Waals surface area contributed by atoms with Gasteiger partial charge in [-0.3, -0.25) is 25.1 Å². The second-order valence-electron chi connectivity index (χ2n) is 19.9. The van der Waals surface area contributed by atoms with E-state index in [-0.39, 0.29) is 183 Å². The van der Waals surface area contributed by atoms with Crippen LogP contribution in [0.5, 0.6) is 0 Å². The van der Waals surface area contributed by atoms with E-state index in [0.29, 0.717) is 0 Å². The number of hydrogen-bond donors (Lipinski definition) is 12. The molecule has 22 aliphatic heterocycles. The normalized spacial score (nSPS) is 41.6. The molecule has 30 unspecified atom stereocenters. The SMILES string of the molecule is O.O=S(=O)([O-])OCC1OC2OC3C(COS(=O)(=O)[O-])OC(OC4C(COS(=O)(=O)[O-])OC(OC5C(COS(=O)(=O)[O-])OC(OC6C(COS(=O)(=O)[O-])OC(OC7C(COS(=O)(=O)[O-])OC(OC1C(O)C2O)C(O)C7O)C(O)C6O)C(O)C5O)C(O)C4O)C(O)C3O.[Na+].[Na+].[Na+].[Na+].[Na+].[Na+]. The quantitative estimate of drug-likeness (QED) is 0.0344. The third-order valence-electron chi connectivity index (χ3n) is 13.9. The first-order valence-corrected chi connectivity index (χ1v) is 32.9. The molecular weight excluding hydrogens is 1550 g/mol. The second-order valence-corrected chi connectivity index (χ2v) is 26.2. The summed E-state index contributed by atoms with van der Waals surface area (Å²) in [5.41, 5.74) is 0. The van der Waals surface area contributed by atoms with Crippen LogP contribution in [0.25, 0.3) is 0 Å². The number of ether oxygens (including phenoxy) is 12. The molecule has 22 aliphatic rings. The maximum atomic E-state index is 11.7. The summed E-state index contributed by atoms with van der Waals surface area (Å²) in [7, 11) is -35.1. The summed E-state index contributed by atoms with van der Waals surface area (Å²) in [5.74, 6) is 0. The van der Waals surface area contributed by atoms with Gasteiger partial charge in [0.15, 0.2) is 37.7 Å². The molecule has 0 aromatic rings. The maximum absolute atomic E-state index is 11.7. The van der Waals surface area contributed by atoms with Gasteiger partial charge in [-0.1, -0.05) is 0 Å². The van der Waals surface area contributed by atoms with Gasteiger partial charge in [-0.2, -0.15) is 0 Å². The van der Waals surface area contributed by atoms with Crippen LogP contribution < -0.4 is 177 Å². The van der Waals surface area contributed by atoms with Crippen molar-refractivity contribution in [2.24, 2.45) is 0 Å². The maximum Gasteiger partial charge on any atom is 1.00 e. The Hall–Kier alpha value is 4.22. The molecule has 536 valence electrons. The van der Waals surface area contributed by atoms with Gasteiger partial charge in [0.25, 0.3) is 0 Å².